The van der Waals surface area contributed by atoms with Crippen LogP contribution in [0, 0.1) is 0 Å². The normalized spacial score (nSPS) is 16.6. The predicted octanol–water partition coefficient (Wildman–Crippen LogP) is 5.59. The highest BCUT2D eigenvalue weighted by Gasteiger charge is 2.34. The fourth-order valence-corrected chi connectivity index (χ4v) is 5.25. The summed E-state index contributed by atoms with van der Waals surface area (Å²) in [4.78, 5) is 38.0. The van der Waals surface area contributed by atoms with E-state index in [1.165, 1.54) is 12.1 Å². The number of fused-ring (bicyclic) bond motifs is 1. The Morgan fingerprint density at radius 2 is 1.49 bits per heavy atom. The molecule has 0 bridgehead atoms. The Bertz CT molecular complexity index is 1630. The second-order valence-electron chi connectivity index (χ2n) is 9.91. The molecule has 9 heteroatoms. The molecule has 0 saturated heterocycles. The second-order valence-corrected chi connectivity index (χ2v) is 9.91. The first-order valence-electron chi connectivity index (χ1n) is 12.8. The van der Waals surface area contributed by atoms with Crippen LogP contribution in [0.4, 0.5) is 13.2 Å². The smallest absolute Gasteiger partial charge is 0.416 e. The maximum absolute atomic E-state index is 13.3. The third-order valence-electron chi connectivity index (χ3n) is 7.25. The van der Waals surface area contributed by atoms with E-state index in [1.54, 1.807) is 36.4 Å². The van der Waals surface area contributed by atoms with Crippen LogP contribution in [0.1, 0.15) is 38.7 Å². The number of carbonyl (C=O) groups is 3. The number of carbonyl (C=O) groups excluding carboxylic acids is 2. The van der Waals surface area contributed by atoms with Gasteiger partial charge in [-0.25, -0.2) is 4.79 Å². The fourth-order valence-electron chi connectivity index (χ4n) is 5.25. The zero-order valence-corrected chi connectivity index (χ0v) is 21.6. The van der Waals surface area contributed by atoms with Crippen LogP contribution in [-0.2, 0) is 28.6 Å². The molecule has 4 aromatic rings. The van der Waals surface area contributed by atoms with Crippen molar-refractivity contribution in [2.75, 3.05) is 0 Å². The van der Waals surface area contributed by atoms with Gasteiger partial charge in [0, 0.05) is 6.42 Å². The Hall–Kier alpha value is -4.76. The SMILES string of the molecule is NC(=O)C1Cc2cc(-c3cccc(-c4ccc(C(F)(F)F)cc4)c3C(=O)O)ccc2C(C(=O)Cc2ccccc2)N1. The number of carboxylic acids is 1. The van der Waals surface area contributed by atoms with Crippen molar-refractivity contribution in [3.05, 3.63) is 119 Å². The van der Waals surface area contributed by atoms with Crippen LogP contribution in [0.15, 0.2) is 91.0 Å². The summed E-state index contributed by atoms with van der Waals surface area (Å²) >= 11 is 0. The van der Waals surface area contributed by atoms with Gasteiger partial charge in [-0.15, -0.1) is 0 Å². The summed E-state index contributed by atoms with van der Waals surface area (Å²) in [6.07, 6.45) is -4.17. The van der Waals surface area contributed by atoms with E-state index in [0.717, 1.165) is 17.7 Å². The van der Waals surface area contributed by atoms with E-state index in [1.807, 2.05) is 30.3 Å². The number of rotatable bonds is 7. The van der Waals surface area contributed by atoms with Gasteiger partial charge in [0.2, 0.25) is 5.91 Å². The molecule has 1 heterocycles. The third kappa shape index (κ3) is 5.76. The molecule has 41 heavy (non-hydrogen) atoms. The van der Waals surface area contributed by atoms with Gasteiger partial charge >= 0.3 is 12.1 Å². The lowest BCUT2D eigenvalue weighted by atomic mass is 9.83. The molecular weight excluding hydrogens is 533 g/mol. The highest BCUT2D eigenvalue weighted by atomic mass is 19.4. The standard InChI is InChI=1S/C32H25F3N2O4/c33-32(34,35)22-12-9-19(10-13-22)23-7-4-8-24(28(23)31(40)41)20-11-14-25-21(16-20)17-26(30(36)39)37-29(25)27(38)15-18-5-2-1-3-6-18/h1-14,16,26,29,37H,15,17H2,(H2,36,39)(H,40,41). The number of aromatic carboxylic acids is 1. The van der Waals surface area contributed by atoms with Crippen molar-refractivity contribution in [2.45, 2.75) is 31.1 Å². The number of nitrogens with two attached hydrogens (primary N) is 1. The summed E-state index contributed by atoms with van der Waals surface area (Å²) in [6.45, 7) is 0. The molecule has 0 saturated carbocycles. The zero-order chi connectivity index (χ0) is 29.3. The average Bonchev–Trinajstić information content (AvgIpc) is 2.95. The van der Waals surface area contributed by atoms with Gasteiger partial charge < -0.3 is 10.8 Å². The van der Waals surface area contributed by atoms with Crippen molar-refractivity contribution in [3.8, 4) is 22.3 Å². The quantitative estimate of drug-likeness (QED) is 0.274. The van der Waals surface area contributed by atoms with Gasteiger partial charge in [0.05, 0.1) is 23.2 Å². The van der Waals surface area contributed by atoms with Gasteiger partial charge in [-0.05, 0) is 57.5 Å². The number of halogens is 3. The van der Waals surface area contributed by atoms with Gasteiger partial charge in [-0.3, -0.25) is 14.9 Å². The van der Waals surface area contributed by atoms with E-state index >= 15 is 0 Å². The molecule has 5 rings (SSSR count). The first-order valence-corrected chi connectivity index (χ1v) is 12.8. The number of nitrogens with one attached hydrogen (secondary N) is 1. The molecule has 208 valence electrons. The molecule has 1 amide bonds. The Balaban J connectivity index is 1.55. The van der Waals surface area contributed by atoms with E-state index in [9.17, 15) is 32.7 Å². The molecule has 1 aliphatic rings. The largest absolute Gasteiger partial charge is 0.478 e. The Kier molecular flexibility index (Phi) is 7.47. The highest BCUT2D eigenvalue weighted by molar-refractivity contribution is 6.03. The molecule has 2 atom stereocenters. The van der Waals surface area contributed by atoms with Crippen molar-refractivity contribution >= 4 is 17.7 Å². The van der Waals surface area contributed by atoms with Gasteiger partial charge in [-0.2, -0.15) is 13.2 Å². The lowest BCUT2D eigenvalue weighted by Gasteiger charge is -2.31. The summed E-state index contributed by atoms with van der Waals surface area (Å²) in [6, 6.07) is 21.9. The Labute approximate surface area is 233 Å². The Morgan fingerprint density at radius 3 is 2.10 bits per heavy atom. The first kappa shape index (κ1) is 27.8. The number of primary amides is 1. The lowest BCUT2D eigenvalue weighted by Crippen LogP contribution is -2.50. The monoisotopic (exact) mass is 558 g/mol. The van der Waals surface area contributed by atoms with E-state index in [4.69, 9.17) is 5.73 Å². The number of carboxylic acid groups (broad SMARTS) is 1. The molecule has 0 spiro atoms. The van der Waals surface area contributed by atoms with Crippen molar-refractivity contribution < 1.29 is 32.7 Å². The first-order chi connectivity index (χ1) is 19.5. The summed E-state index contributed by atoms with van der Waals surface area (Å²) in [5.41, 5.74) is 8.31. The summed E-state index contributed by atoms with van der Waals surface area (Å²) in [5, 5.41) is 13.2. The van der Waals surface area contributed by atoms with Crippen LogP contribution >= 0.6 is 0 Å². The van der Waals surface area contributed by atoms with Gasteiger partial charge in [-0.1, -0.05) is 78.9 Å². The minimum Gasteiger partial charge on any atom is -0.478 e. The third-order valence-corrected chi connectivity index (χ3v) is 7.25. The van der Waals surface area contributed by atoms with Crippen molar-refractivity contribution in [3.63, 3.8) is 0 Å². The van der Waals surface area contributed by atoms with Crippen molar-refractivity contribution in [1.82, 2.24) is 5.32 Å². The van der Waals surface area contributed by atoms with E-state index in [2.05, 4.69) is 5.32 Å². The molecule has 0 aromatic heterocycles. The van der Waals surface area contributed by atoms with Crippen LogP contribution in [0.25, 0.3) is 22.3 Å². The number of hydrogen-bond acceptors (Lipinski definition) is 4. The number of hydrogen-bond donors (Lipinski definition) is 3. The molecule has 1 aliphatic heterocycles. The summed E-state index contributed by atoms with van der Waals surface area (Å²) in [5.74, 6) is -2.01. The maximum atomic E-state index is 13.3. The average molecular weight is 559 g/mol. The molecule has 4 N–H and O–H groups in total. The van der Waals surface area contributed by atoms with Crippen molar-refractivity contribution in [2.24, 2.45) is 5.73 Å². The molecule has 0 radical (unpaired) electrons. The van der Waals surface area contributed by atoms with Crippen LogP contribution < -0.4 is 11.1 Å². The lowest BCUT2D eigenvalue weighted by molar-refractivity contribution is -0.137. The van der Waals surface area contributed by atoms with Gasteiger partial charge in [0.1, 0.15) is 0 Å². The van der Waals surface area contributed by atoms with E-state index in [0.29, 0.717) is 27.8 Å². The van der Waals surface area contributed by atoms with Crippen LogP contribution in [-0.4, -0.2) is 28.8 Å². The number of alkyl halides is 3. The molecular formula is C32H25F3N2O4. The van der Waals surface area contributed by atoms with Crippen LogP contribution in [0.2, 0.25) is 0 Å². The highest BCUT2D eigenvalue weighted by Crippen LogP contribution is 2.37. The molecule has 4 aromatic carbocycles. The molecule has 2 unspecified atom stereocenters. The number of amides is 1. The zero-order valence-electron chi connectivity index (χ0n) is 21.6. The molecule has 0 fully saturated rings. The van der Waals surface area contributed by atoms with Gasteiger partial charge in [0.25, 0.3) is 0 Å². The fraction of sp³-hybridized carbons (Fsp3) is 0.156. The molecule has 6 nitrogen and oxygen atoms in total. The minimum atomic E-state index is -4.52. The number of benzene rings is 4. The topological polar surface area (TPSA) is 109 Å². The maximum Gasteiger partial charge on any atom is 0.416 e. The Morgan fingerprint density at radius 1 is 0.854 bits per heavy atom. The predicted molar refractivity (Wildman–Crippen MR) is 147 cm³/mol. The van der Waals surface area contributed by atoms with Gasteiger partial charge in [0.15, 0.2) is 5.78 Å². The van der Waals surface area contributed by atoms with Crippen LogP contribution in [0.5, 0.6) is 0 Å². The van der Waals surface area contributed by atoms with Crippen molar-refractivity contribution in [1.29, 1.82) is 0 Å². The minimum absolute atomic E-state index is 0.0794. The summed E-state index contributed by atoms with van der Waals surface area (Å²) in [7, 11) is 0. The molecule has 0 aliphatic carbocycles. The van der Waals surface area contributed by atoms with E-state index in [-0.39, 0.29) is 29.8 Å². The second kappa shape index (κ2) is 11.0. The number of ketones is 1. The van der Waals surface area contributed by atoms with E-state index < -0.39 is 35.7 Å². The summed E-state index contributed by atoms with van der Waals surface area (Å²) < 4.78 is 39.2. The van der Waals surface area contributed by atoms with Crippen LogP contribution in [0.3, 0.4) is 0 Å². The number of Topliss-reactive ketones (excluding diaryl/α,β-unsaturated/α-hetero) is 1.